The second-order valence-electron chi connectivity index (χ2n) is 4.26. The predicted molar refractivity (Wildman–Crippen MR) is 59.2 cm³/mol. The zero-order chi connectivity index (χ0) is 12.0. The number of rotatable bonds is 2. The molecule has 1 rings (SSSR count). The molecule has 1 unspecified atom stereocenters. The minimum absolute atomic E-state index is 0.344. The first-order chi connectivity index (χ1) is 7.61. The minimum atomic E-state index is -0.912. The Morgan fingerprint density at radius 1 is 1.12 bits per heavy atom. The van der Waals surface area contributed by atoms with Crippen LogP contribution in [-0.4, -0.2) is 22.2 Å². The molecular formula is C12H18O4. The summed E-state index contributed by atoms with van der Waals surface area (Å²) in [6.45, 7) is 0. The van der Waals surface area contributed by atoms with E-state index < -0.39 is 17.9 Å². The molecule has 0 saturated carbocycles. The summed E-state index contributed by atoms with van der Waals surface area (Å²) < 4.78 is 0. The molecule has 0 spiro atoms. The van der Waals surface area contributed by atoms with E-state index >= 15 is 0 Å². The normalized spacial score (nSPS) is 23.2. The molecule has 1 aliphatic rings. The number of hydrogen-bond acceptors (Lipinski definition) is 2. The van der Waals surface area contributed by atoms with Gasteiger partial charge in [-0.05, 0) is 25.7 Å². The van der Waals surface area contributed by atoms with Crippen LogP contribution in [0.2, 0.25) is 0 Å². The molecular weight excluding hydrogens is 208 g/mol. The Labute approximate surface area is 95.0 Å². The molecule has 1 atom stereocenters. The molecule has 0 amide bonds. The van der Waals surface area contributed by atoms with E-state index in [9.17, 15) is 9.59 Å². The van der Waals surface area contributed by atoms with Crippen molar-refractivity contribution in [3.05, 3.63) is 11.6 Å². The van der Waals surface area contributed by atoms with Gasteiger partial charge in [-0.3, -0.25) is 4.79 Å². The molecule has 4 nitrogen and oxygen atoms in total. The van der Waals surface area contributed by atoms with E-state index in [1.54, 1.807) is 6.08 Å². The Morgan fingerprint density at radius 2 is 1.81 bits per heavy atom. The number of allylic oxidation sites excluding steroid dienone is 1. The molecule has 0 bridgehead atoms. The lowest BCUT2D eigenvalue weighted by atomic mass is 9.93. The molecule has 0 radical (unpaired) electrons. The third-order valence-corrected chi connectivity index (χ3v) is 3.02. The van der Waals surface area contributed by atoms with Crippen LogP contribution in [0, 0.1) is 5.92 Å². The average molecular weight is 226 g/mol. The quantitative estimate of drug-likeness (QED) is 0.758. The lowest BCUT2D eigenvalue weighted by Gasteiger charge is -2.12. The van der Waals surface area contributed by atoms with Crippen LogP contribution in [0.15, 0.2) is 11.6 Å². The van der Waals surface area contributed by atoms with Crippen LogP contribution in [-0.2, 0) is 9.59 Å². The highest BCUT2D eigenvalue weighted by molar-refractivity contribution is 5.86. The highest BCUT2D eigenvalue weighted by Gasteiger charge is 2.18. The van der Waals surface area contributed by atoms with Crippen LogP contribution in [0.1, 0.15) is 44.9 Å². The van der Waals surface area contributed by atoms with Crippen molar-refractivity contribution in [2.75, 3.05) is 0 Å². The highest BCUT2D eigenvalue weighted by Crippen LogP contribution is 2.21. The van der Waals surface area contributed by atoms with E-state index in [1.807, 2.05) is 0 Å². The third kappa shape index (κ3) is 4.04. The summed E-state index contributed by atoms with van der Waals surface area (Å²) in [5, 5.41) is 17.9. The molecule has 2 N–H and O–H groups in total. The van der Waals surface area contributed by atoms with Gasteiger partial charge in [-0.1, -0.05) is 25.3 Å². The Kier molecular flexibility index (Phi) is 5.02. The van der Waals surface area contributed by atoms with Crippen molar-refractivity contribution >= 4 is 11.9 Å². The summed E-state index contributed by atoms with van der Waals surface area (Å²) in [6.07, 6.45) is 6.93. The number of hydrogen-bond donors (Lipinski definition) is 2. The number of aliphatic carboxylic acids is 2. The monoisotopic (exact) mass is 226 g/mol. The van der Waals surface area contributed by atoms with Gasteiger partial charge in [0.2, 0.25) is 0 Å². The Morgan fingerprint density at radius 3 is 2.44 bits per heavy atom. The smallest absolute Gasteiger partial charge is 0.331 e. The lowest BCUT2D eigenvalue weighted by Crippen LogP contribution is -2.14. The zero-order valence-corrected chi connectivity index (χ0v) is 9.32. The Hall–Kier alpha value is -1.32. The van der Waals surface area contributed by atoms with Crippen molar-refractivity contribution in [3.63, 3.8) is 0 Å². The summed E-state index contributed by atoms with van der Waals surface area (Å²) >= 11 is 0. The third-order valence-electron chi connectivity index (χ3n) is 3.02. The van der Waals surface area contributed by atoms with Crippen LogP contribution in [0.5, 0.6) is 0 Å². The molecule has 0 aromatic heterocycles. The summed E-state index contributed by atoms with van der Waals surface area (Å²) in [7, 11) is 0. The summed E-state index contributed by atoms with van der Waals surface area (Å²) in [4.78, 5) is 21.8. The lowest BCUT2D eigenvalue weighted by molar-refractivity contribution is -0.142. The average Bonchev–Trinajstić information content (AvgIpc) is 2.24. The van der Waals surface area contributed by atoms with Gasteiger partial charge in [-0.15, -0.1) is 0 Å². The standard InChI is InChI=1S/C12H18O4/c13-11(14)9-5-3-1-2-4-6-10(8-7-9)12(15)16/h7,10H,1-6,8H2,(H,13,14)(H,15,16). The number of carbonyl (C=O) groups is 2. The molecule has 0 heterocycles. The van der Waals surface area contributed by atoms with Crippen molar-refractivity contribution < 1.29 is 19.8 Å². The molecule has 1 aliphatic carbocycles. The molecule has 0 aliphatic heterocycles. The first kappa shape index (κ1) is 12.7. The van der Waals surface area contributed by atoms with Crippen molar-refractivity contribution in [1.29, 1.82) is 0 Å². The van der Waals surface area contributed by atoms with E-state index in [1.165, 1.54) is 0 Å². The Bertz CT molecular complexity index is 293. The first-order valence-electron chi connectivity index (χ1n) is 5.76. The van der Waals surface area contributed by atoms with E-state index in [4.69, 9.17) is 10.2 Å². The number of carboxylic acids is 2. The molecule has 90 valence electrons. The zero-order valence-electron chi connectivity index (χ0n) is 9.32. The second-order valence-corrected chi connectivity index (χ2v) is 4.26. The highest BCUT2D eigenvalue weighted by atomic mass is 16.4. The number of carboxylic acid groups (broad SMARTS) is 2. The second kappa shape index (κ2) is 6.30. The van der Waals surface area contributed by atoms with Gasteiger partial charge >= 0.3 is 11.9 Å². The minimum Gasteiger partial charge on any atom is -0.481 e. The van der Waals surface area contributed by atoms with Gasteiger partial charge in [0.1, 0.15) is 0 Å². The fourth-order valence-electron chi connectivity index (χ4n) is 1.98. The predicted octanol–water partition coefficient (Wildman–Crippen LogP) is 2.44. The van der Waals surface area contributed by atoms with Crippen LogP contribution in [0.4, 0.5) is 0 Å². The van der Waals surface area contributed by atoms with Crippen LogP contribution >= 0.6 is 0 Å². The fourth-order valence-corrected chi connectivity index (χ4v) is 1.98. The molecule has 0 aromatic rings. The van der Waals surface area contributed by atoms with Gasteiger partial charge in [0.15, 0.2) is 0 Å². The fraction of sp³-hybridized carbons (Fsp3) is 0.667. The van der Waals surface area contributed by atoms with Gasteiger partial charge in [0.05, 0.1) is 5.92 Å². The Balaban J connectivity index is 2.71. The maximum atomic E-state index is 10.9. The molecule has 0 fully saturated rings. The molecule has 16 heavy (non-hydrogen) atoms. The maximum absolute atomic E-state index is 10.9. The maximum Gasteiger partial charge on any atom is 0.331 e. The van der Waals surface area contributed by atoms with E-state index in [0.29, 0.717) is 24.8 Å². The van der Waals surface area contributed by atoms with E-state index in [-0.39, 0.29) is 0 Å². The van der Waals surface area contributed by atoms with Gasteiger partial charge in [-0.25, -0.2) is 4.79 Å². The van der Waals surface area contributed by atoms with Crippen LogP contribution < -0.4 is 0 Å². The summed E-state index contributed by atoms with van der Waals surface area (Å²) in [6, 6.07) is 0. The van der Waals surface area contributed by atoms with Crippen molar-refractivity contribution in [3.8, 4) is 0 Å². The van der Waals surface area contributed by atoms with Gasteiger partial charge in [0, 0.05) is 5.57 Å². The van der Waals surface area contributed by atoms with Crippen LogP contribution in [0.3, 0.4) is 0 Å². The molecule has 4 heteroatoms. The van der Waals surface area contributed by atoms with Crippen molar-refractivity contribution in [2.45, 2.75) is 44.9 Å². The van der Waals surface area contributed by atoms with Gasteiger partial charge in [0.25, 0.3) is 0 Å². The summed E-state index contributed by atoms with van der Waals surface area (Å²) in [5.74, 6) is -2.15. The van der Waals surface area contributed by atoms with Crippen molar-refractivity contribution in [2.24, 2.45) is 5.92 Å². The SMILES string of the molecule is O=C(O)C1=CCC(C(=O)O)CCCCCC1. The van der Waals surface area contributed by atoms with Gasteiger partial charge < -0.3 is 10.2 Å². The van der Waals surface area contributed by atoms with Crippen LogP contribution in [0.25, 0.3) is 0 Å². The van der Waals surface area contributed by atoms with Gasteiger partial charge in [-0.2, -0.15) is 0 Å². The van der Waals surface area contributed by atoms with E-state index in [2.05, 4.69) is 0 Å². The largest absolute Gasteiger partial charge is 0.481 e. The molecule has 0 aromatic carbocycles. The van der Waals surface area contributed by atoms with E-state index in [0.717, 1.165) is 25.7 Å². The topological polar surface area (TPSA) is 74.6 Å². The molecule has 0 saturated heterocycles. The summed E-state index contributed by atoms with van der Waals surface area (Å²) in [5.41, 5.74) is 0.369. The van der Waals surface area contributed by atoms with Crippen molar-refractivity contribution in [1.82, 2.24) is 0 Å². The first-order valence-corrected chi connectivity index (χ1v) is 5.76.